The molecule has 1 aliphatic rings. The molecule has 1 fully saturated rings. The highest BCUT2D eigenvalue weighted by molar-refractivity contribution is 8.15. The second-order valence-electron chi connectivity index (χ2n) is 5.49. The smallest absolute Gasteiger partial charge is 0.238 e. The topological polar surface area (TPSA) is 61.8 Å². The van der Waals surface area contributed by atoms with E-state index in [0.717, 1.165) is 0 Å². The van der Waals surface area contributed by atoms with Gasteiger partial charge in [0.1, 0.15) is 5.25 Å². The van der Waals surface area contributed by atoms with Crippen molar-refractivity contribution in [2.45, 2.75) is 11.7 Å². The molecule has 0 radical (unpaired) electrons. The molecule has 0 spiro atoms. The molecule has 0 bridgehead atoms. The molecule has 2 aromatic carbocycles. The van der Waals surface area contributed by atoms with Gasteiger partial charge in [-0.25, -0.2) is 4.99 Å². The molecule has 1 saturated heterocycles. The molecular formula is C18H16ClN3O2S. The molecule has 2 aromatic rings. The fourth-order valence-electron chi connectivity index (χ4n) is 2.30. The monoisotopic (exact) mass is 373 g/mol. The lowest BCUT2D eigenvalue weighted by Gasteiger charge is -2.28. The summed E-state index contributed by atoms with van der Waals surface area (Å²) in [7, 11) is 1.66. The summed E-state index contributed by atoms with van der Waals surface area (Å²) < 4.78 is 0. The average Bonchev–Trinajstić information content (AvgIpc) is 2.59. The van der Waals surface area contributed by atoms with E-state index >= 15 is 0 Å². The van der Waals surface area contributed by atoms with Crippen molar-refractivity contribution in [2.24, 2.45) is 4.99 Å². The minimum Gasteiger partial charge on any atom is -0.325 e. The van der Waals surface area contributed by atoms with Crippen LogP contribution >= 0.6 is 23.4 Å². The Kier molecular flexibility index (Phi) is 5.40. The van der Waals surface area contributed by atoms with Crippen LogP contribution in [0.2, 0.25) is 5.02 Å². The van der Waals surface area contributed by atoms with Crippen LogP contribution in [0.15, 0.2) is 59.6 Å². The van der Waals surface area contributed by atoms with E-state index in [1.54, 1.807) is 43.4 Å². The van der Waals surface area contributed by atoms with Crippen LogP contribution in [0.1, 0.15) is 6.42 Å². The molecule has 2 amide bonds. The number of rotatable bonds is 3. The molecule has 3 rings (SSSR count). The van der Waals surface area contributed by atoms with Gasteiger partial charge in [-0.3, -0.25) is 14.5 Å². The van der Waals surface area contributed by atoms with E-state index < -0.39 is 5.25 Å². The summed E-state index contributed by atoms with van der Waals surface area (Å²) in [6.45, 7) is 0. The SMILES string of the molecule is CN1C(=O)CC(C(=O)Nc2ccccc2)SC1=Nc1cccc(Cl)c1. The highest BCUT2D eigenvalue weighted by Gasteiger charge is 2.34. The molecule has 0 aromatic heterocycles. The maximum absolute atomic E-state index is 12.5. The third-order valence-electron chi connectivity index (χ3n) is 3.64. The van der Waals surface area contributed by atoms with Crippen LogP contribution in [0.5, 0.6) is 0 Å². The van der Waals surface area contributed by atoms with Crippen molar-refractivity contribution >= 4 is 51.7 Å². The molecule has 0 aliphatic carbocycles. The van der Waals surface area contributed by atoms with E-state index in [0.29, 0.717) is 21.6 Å². The maximum atomic E-state index is 12.5. The number of carbonyl (C=O) groups excluding carboxylic acids is 2. The summed E-state index contributed by atoms with van der Waals surface area (Å²) >= 11 is 7.25. The molecule has 5 nitrogen and oxygen atoms in total. The molecule has 128 valence electrons. The molecule has 1 heterocycles. The number of anilines is 1. The first-order chi connectivity index (χ1) is 12.0. The third-order valence-corrected chi connectivity index (χ3v) is 5.11. The molecule has 25 heavy (non-hydrogen) atoms. The van der Waals surface area contributed by atoms with E-state index in [2.05, 4.69) is 10.3 Å². The van der Waals surface area contributed by atoms with Gasteiger partial charge in [0.2, 0.25) is 11.8 Å². The first kappa shape index (κ1) is 17.5. The van der Waals surface area contributed by atoms with E-state index in [1.165, 1.54) is 16.7 Å². The molecule has 0 saturated carbocycles. The summed E-state index contributed by atoms with van der Waals surface area (Å²) in [6.07, 6.45) is 0.133. The van der Waals surface area contributed by atoms with Gasteiger partial charge in [-0.05, 0) is 30.3 Å². The Balaban J connectivity index is 1.78. The maximum Gasteiger partial charge on any atom is 0.238 e. The minimum atomic E-state index is -0.526. The zero-order chi connectivity index (χ0) is 17.8. The number of carbonyl (C=O) groups is 2. The van der Waals surface area contributed by atoms with Crippen LogP contribution in [-0.2, 0) is 9.59 Å². The molecule has 1 atom stereocenters. The lowest BCUT2D eigenvalue weighted by molar-refractivity contribution is -0.128. The van der Waals surface area contributed by atoms with Gasteiger partial charge in [0.25, 0.3) is 0 Å². The second-order valence-corrected chi connectivity index (χ2v) is 7.10. The van der Waals surface area contributed by atoms with Crippen LogP contribution in [-0.4, -0.2) is 34.2 Å². The number of benzene rings is 2. The number of aliphatic imine (C=N–C) groups is 1. The van der Waals surface area contributed by atoms with Gasteiger partial charge < -0.3 is 5.32 Å². The van der Waals surface area contributed by atoms with Crippen LogP contribution in [0, 0.1) is 0 Å². The Morgan fingerprint density at radius 1 is 1.24 bits per heavy atom. The number of halogens is 1. The number of amides is 2. The van der Waals surface area contributed by atoms with Gasteiger partial charge in [-0.2, -0.15) is 0 Å². The van der Waals surface area contributed by atoms with E-state index in [4.69, 9.17) is 11.6 Å². The van der Waals surface area contributed by atoms with Gasteiger partial charge >= 0.3 is 0 Å². The summed E-state index contributed by atoms with van der Waals surface area (Å²) in [5.41, 5.74) is 1.34. The van der Waals surface area contributed by atoms with Crippen LogP contribution in [0.3, 0.4) is 0 Å². The standard InChI is InChI=1S/C18H16ClN3O2S/c1-22-16(23)11-15(17(24)20-13-7-3-2-4-8-13)25-18(22)21-14-9-5-6-12(19)10-14/h2-10,15H,11H2,1H3,(H,20,24). The van der Waals surface area contributed by atoms with Crippen molar-refractivity contribution in [2.75, 3.05) is 12.4 Å². The van der Waals surface area contributed by atoms with Gasteiger partial charge in [0.15, 0.2) is 5.17 Å². The Morgan fingerprint density at radius 3 is 2.72 bits per heavy atom. The normalized spacial score (nSPS) is 19.1. The van der Waals surface area contributed by atoms with Gasteiger partial charge in [-0.15, -0.1) is 0 Å². The van der Waals surface area contributed by atoms with Gasteiger partial charge in [0.05, 0.1) is 5.69 Å². The van der Waals surface area contributed by atoms with E-state index in [9.17, 15) is 9.59 Å². The average molecular weight is 374 g/mol. The predicted molar refractivity (Wildman–Crippen MR) is 102 cm³/mol. The molecule has 1 N–H and O–H groups in total. The van der Waals surface area contributed by atoms with Crippen molar-refractivity contribution in [1.29, 1.82) is 0 Å². The first-order valence-electron chi connectivity index (χ1n) is 7.66. The predicted octanol–water partition coefficient (Wildman–Crippen LogP) is 3.93. The van der Waals surface area contributed by atoms with Crippen LogP contribution < -0.4 is 5.32 Å². The zero-order valence-electron chi connectivity index (χ0n) is 13.5. The second kappa shape index (κ2) is 7.72. The Labute approximate surface area is 155 Å². The fraction of sp³-hybridized carbons (Fsp3) is 0.167. The number of nitrogens with one attached hydrogen (secondary N) is 1. The summed E-state index contributed by atoms with van der Waals surface area (Å²) in [6, 6.07) is 16.2. The Bertz CT molecular complexity index is 826. The highest BCUT2D eigenvalue weighted by atomic mass is 35.5. The van der Waals surface area contributed by atoms with Crippen molar-refractivity contribution in [3.05, 3.63) is 59.6 Å². The summed E-state index contributed by atoms with van der Waals surface area (Å²) in [5.74, 6) is -0.357. The van der Waals surface area contributed by atoms with Crippen molar-refractivity contribution in [3.63, 3.8) is 0 Å². The summed E-state index contributed by atoms with van der Waals surface area (Å²) in [4.78, 5) is 30.7. The number of nitrogens with zero attached hydrogens (tertiary/aromatic N) is 2. The number of hydrogen-bond acceptors (Lipinski definition) is 4. The Morgan fingerprint density at radius 2 is 2.00 bits per heavy atom. The molecule has 7 heteroatoms. The molecular weight excluding hydrogens is 358 g/mol. The number of amidine groups is 1. The number of hydrogen-bond donors (Lipinski definition) is 1. The van der Waals surface area contributed by atoms with Crippen LogP contribution in [0.25, 0.3) is 0 Å². The van der Waals surface area contributed by atoms with Gasteiger partial charge in [0, 0.05) is 24.2 Å². The molecule has 1 aliphatic heterocycles. The van der Waals surface area contributed by atoms with Gasteiger partial charge in [-0.1, -0.05) is 47.6 Å². The lowest BCUT2D eigenvalue weighted by atomic mass is 10.2. The third kappa shape index (κ3) is 4.41. The minimum absolute atomic E-state index is 0.133. The largest absolute Gasteiger partial charge is 0.325 e. The van der Waals surface area contributed by atoms with E-state index in [1.807, 2.05) is 18.2 Å². The van der Waals surface area contributed by atoms with Crippen LogP contribution in [0.4, 0.5) is 11.4 Å². The first-order valence-corrected chi connectivity index (χ1v) is 8.92. The van der Waals surface area contributed by atoms with E-state index in [-0.39, 0.29) is 18.2 Å². The number of thioether (sulfide) groups is 1. The Hall–Kier alpha value is -2.31. The van der Waals surface area contributed by atoms with Crippen molar-refractivity contribution in [3.8, 4) is 0 Å². The van der Waals surface area contributed by atoms with Crippen molar-refractivity contribution in [1.82, 2.24) is 4.90 Å². The lowest BCUT2D eigenvalue weighted by Crippen LogP contribution is -2.43. The zero-order valence-corrected chi connectivity index (χ0v) is 15.1. The van der Waals surface area contributed by atoms with Crippen molar-refractivity contribution < 1.29 is 9.59 Å². The fourth-order valence-corrected chi connectivity index (χ4v) is 3.55. The number of para-hydroxylation sites is 1. The highest BCUT2D eigenvalue weighted by Crippen LogP contribution is 2.29. The summed E-state index contributed by atoms with van der Waals surface area (Å²) in [5, 5.41) is 3.35. The molecule has 1 unspecified atom stereocenters. The quantitative estimate of drug-likeness (QED) is 0.886.